The number of hydrogen-bond acceptors (Lipinski definition) is 4. The molecule has 0 unspecified atom stereocenters. The Morgan fingerprint density at radius 2 is 2.11 bits per heavy atom. The Bertz CT molecular complexity index is 490. The van der Waals surface area contributed by atoms with E-state index in [0.29, 0.717) is 19.0 Å². The average molecular weight is 288 g/mol. The van der Waals surface area contributed by atoms with E-state index in [-0.39, 0.29) is 0 Å². The standard InChI is InChI=1S/C12H20N2O2S2/c1-3-14(18(2,15)16)8-11-9-17-12(13-11)10-6-4-5-7-10/h9-10H,3-8H2,1-2H3. The molecule has 1 fully saturated rings. The molecule has 0 radical (unpaired) electrons. The molecule has 0 atom stereocenters. The van der Waals surface area contributed by atoms with E-state index in [0.717, 1.165) is 5.69 Å². The molecule has 0 amide bonds. The van der Waals surface area contributed by atoms with Gasteiger partial charge < -0.3 is 0 Å². The number of hydrogen-bond donors (Lipinski definition) is 0. The molecule has 6 heteroatoms. The quantitative estimate of drug-likeness (QED) is 0.836. The van der Waals surface area contributed by atoms with Crippen molar-refractivity contribution in [2.24, 2.45) is 0 Å². The van der Waals surface area contributed by atoms with Crippen molar-refractivity contribution < 1.29 is 8.42 Å². The van der Waals surface area contributed by atoms with Crippen LogP contribution in [0.2, 0.25) is 0 Å². The first-order valence-electron chi connectivity index (χ1n) is 6.40. The van der Waals surface area contributed by atoms with Crippen LogP contribution in [0.1, 0.15) is 49.2 Å². The Hall–Kier alpha value is -0.460. The first kappa shape index (κ1) is 14.0. The van der Waals surface area contributed by atoms with Crippen LogP contribution in [-0.2, 0) is 16.6 Å². The predicted octanol–water partition coefficient (Wildman–Crippen LogP) is 2.58. The van der Waals surface area contributed by atoms with Crippen molar-refractivity contribution in [3.8, 4) is 0 Å². The smallest absolute Gasteiger partial charge is 0.211 e. The second-order valence-electron chi connectivity index (χ2n) is 4.85. The van der Waals surface area contributed by atoms with Crippen molar-refractivity contribution >= 4 is 21.4 Å². The molecule has 1 saturated carbocycles. The van der Waals surface area contributed by atoms with Gasteiger partial charge in [-0.25, -0.2) is 13.4 Å². The van der Waals surface area contributed by atoms with Crippen molar-refractivity contribution in [1.82, 2.24) is 9.29 Å². The van der Waals surface area contributed by atoms with Gasteiger partial charge in [0.05, 0.1) is 23.5 Å². The summed E-state index contributed by atoms with van der Waals surface area (Å²) in [5, 5.41) is 3.19. The minimum atomic E-state index is -3.12. The molecule has 0 aliphatic heterocycles. The van der Waals surface area contributed by atoms with Gasteiger partial charge >= 0.3 is 0 Å². The number of sulfonamides is 1. The largest absolute Gasteiger partial charge is 0.245 e. The van der Waals surface area contributed by atoms with E-state index >= 15 is 0 Å². The van der Waals surface area contributed by atoms with Crippen LogP contribution < -0.4 is 0 Å². The molecule has 0 N–H and O–H groups in total. The van der Waals surface area contributed by atoms with Crippen LogP contribution >= 0.6 is 11.3 Å². The van der Waals surface area contributed by atoms with Gasteiger partial charge in [0.1, 0.15) is 0 Å². The van der Waals surface area contributed by atoms with E-state index in [9.17, 15) is 8.42 Å². The zero-order chi connectivity index (χ0) is 13.2. The minimum Gasteiger partial charge on any atom is -0.245 e. The second kappa shape index (κ2) is 5.67. The lowest BCUT2D eigenvalue weighted by molar-refractivity contribution is 0.423. The first-order chi connectivity index (χ1) is 8.50. The van der Waals surface area contributed by atoms with Crippen molar-refractivity contribution in [2.75, 3.05) is 12.8 Å². The summed E-state index contributed by atoms with van der Waals surface area (Å²) in [6, 6.07) is 0. The summed E-state index contributed by atoms with van der Waals surface area (Å²) in [6.07, 6.45) is 6.31. The summed E-state index contributed by atoms with van der Waals surface area (Å²) in [6.45, 7) is 2.75. The fraction of sp³-hybridized carbons (Fsp3) is 0.750. The molecule has 4 nitrogen and oxygen atoms in total. The summed E-state index contributed by atoms with van der Waals surface area (Å²) in [5.41, 5.74) is 0.883. The lowest BCUT2D eigenvalue weighted by Gasteiger charge is -2.16. The highest BCUT2D eigenvalue weighted by Gasteiger charge is 2.21. The van der Waals surface area contributed by atoms with Crippen LogP contribution in [0.3, 0.4) is 0 Å². The first-order valence-corrected chi connectivity index (χ1v) is 9.13. The second-order valence-corrected chi connectivity index (χ2v) is 7.72. The molecular formula is C12H20N2O2S2. The third-order valence-electron chi connectivity index (χ3n) is 3.43. The molecular weight excluding hydrogens is 268 g/mol. The molecule has 1 aromatic heterocycles. The molecule has 1 heterocycles. The molecule has 0 aromatic carbocycles. The fourth-order valence-corrected chi connectivity index (χ4v) is 4.22. The number of aromatic nitrogens is 1. The Balaban J connectivity index is 2.06. The number of thiazole rings is 1. The normalized spacial score (nSPS) is 17.7. The van der Waals surface area contributed by atoms with E-state index < -0.39 is 10.0 Å². The minimum absolute atomic E-state index is 0.401. The molecule has 2 rings (SSSR count). The van der Waals surface area contributed by atoms with Crippen molar-refractivity contribution in [3.63, 3.8) is 0 Å². The molecule has 0 saturated heterocycles. The van der Waals surface area contributed by atoms with E-state index in [1.165, 1.54) is 41.3 Å². The van der Waals surface area contributed by atoms with Crippen LogP contribution in [0.5, 0.6) is 0 Å². The van der Waals surface area contributed by atoms with Gasteiger partial charge in [-0.05, 0) is 12.8 Å². The van der Waals surface area contributed by atoms with Gasteiger partial charge in [0.15, 0.2) is 0 Å². The van der Waals surface area contributed by atoms with E-state index in [1.54, 1.807) is 11.3 Å². The van der Waals surface area contributed by atoms with Gasteiger partial charge in [-0.15, -0.1) is 11.3 Å². The van der Waals surface area contributed by atoms with Crippen molar-refractivity contribution in [3.05, 3.63) is 16.1 Å². The van der Waals surface area contributed by atoms with Crippen LogP contribution in [0.4, 0.5) is 0 Å². The SMILES string of the molecule is CCN(Cc1csc(C2CCCC2)n1)S(C)(=O)=O. The highest BCUT2D eigenvalue weighted by molar-refractivity contribution is 7.88. The Morgan fingerprint density at radius 3 is 2.67 bits per heavy atom. The Morgan fingerprint density at radius 1 is 1.44 bits per heavy atom. The summed E-state index contributed by atoms with van der Waals surface area (Å²) in [4.78, 5) is 4.61. The topological polar surface area (TPSA) is 50.3 Å². The summed E-state index contributed by atoms with van der Waals surface area (Å²) < 4.78 is 24.5. The summed E-state index contributed by atoms with van der Waals surface area (Å²) >= 11 is 1.68. The van der Waals surface area contributed by atoms with E-state index in [1.807, 2.05) is 12.3 Å². The van der Waals surface area contributed by atoms with Crippen LogP contribution in [0, 0.1) is 0 Å². The van der Waals surface area contributed by atoms with Gasteiger partial charge in [0.25, 0.3) is 0 Å². The van der Waals surface area contributed by atoms with Gasteiger partial charge in [0.2, 0.25) is 10.0 Å². The highest BCUT2D eigenvalue weighted by atomic mass is 32.2. The molecule has 0 spiro atoms. The zero-order valence-corrected chi connectivity index (χ0v) is 12.6. The lowest BCUT2D eigenvalue weighted by Crippen LogP contribution is -2.29. The third kappa shape index (κ3) is 3.30. The Labute approximate surface area is 113 Å². The Kier molecular flexibility index (Phi) is 4.40. The average Bonchev–Trinajstić information content (AvgIpc) is 2.94. The summed E-state index contributed by atoms with van der Waals surface area (Å²) in [7, 11) is -3.12. The molecule has 1 aliphatic carbocycles. The molecule has 1 aliphatic rings. The van der Waals surface area contributed by atoms with Gasteiger partial charge in [-0.1, -0.05) is 19.8 Å². The maximum absolute atomic E-state index is 11.5. The third-order valence-corrected chi connectivity index (χ3v) is 5.82. The van der Waals surface area contributed by atoms with Gasteiger partial charge in [0, 0.05) is 17.8 Å². The fourth-order valence-electron chi connectivity index (χ4n) is 2.40. The number of nitrogens with zero attached hydrogens (tertiary/aromatic N) is 2. The van der Waals surface area contributed by atoms with Crippen molar-refractivity contribution in [2.45, 2.75) is 45.1 Å². The van der Waals surface area contributed by atoms with Crippen LogP contribution in [0.25, 0.3) is 0 Å². The maximum Gasteiger partial charge on any atom is 0.211 e. The van der Waals surface area contributed by atoms with E-state index in [4.69, 9.17) is 0 Å². The number of rotatable bonds is 5. The lowest BCUT2D eigenvalue weighted by atomic mass is 10.1. The van der Waals surface area contributed by atoms with E-state index in [2.05, 4.69) is 4.98 Å². The zero-order valence-electron chi connectivity index (χ0n) is 10.9. The predicted molar refractivity (Wildman–Crippen MR) is 74.3 cm³/mol. The maximum atomic E-state index is 11.5. The van der Waals surface area contributed by atoms with Crippen LogP contribution in [-0.4, -0.2) is 30.5 Å². The van der Waals surface area contributed by atoms with Crippen LogP contribution in [0.15, 0.2) is 5.38 Å². The van der Waals surface area contributed by atoms with Gasteiger partial charge in [-0.2, -0.15) is 4.31 Å². The summed E-state index contributed by atoms with van der Waals surface area (Å²) in [5.74, 6) is 0.608. The van der Waals surface area contributed by atoms with Crippen molar-refractivity contribution in [1.29, 1.82) is 0 Å². The highest BCUT2D eigenvalue weighted by Crippen LogP contribution is 2.35. The molecule has 18 heavy (non-hydrogen) atoms. The molecule has 1 aromatic rings. The molecule has 102 valence electrons. The molecule has 0 bridgehead atoms. The monoisotopic (exact) mass is 288 g/mol. The van der Waals surface area contributed by atoms with Gasteiger partial charge in [-0.3, -0.25) is 0 Å².